The Bertz CT molecular complexity index is 603. The van der Waals surface area contributed by atoms with Gasteiger partial charge in [0.05, 0.1) is 20.8 Å². The summed E-state index contributed by atoms with van der Waals surface area (Å²) in [6, 6.07) is 7.40. The van der Waals surface area contributed by atoms with E-state index in [0.29, 0.717) is 28.1 Å². The molecule has 0 spiro atoms. The molecular weight excluding hydrogens is 354 g/mol. The number of methoxy groups -OCH3 is 2. The largest absolute Gasteiger partial charge is 0.495 e. The number of hydrogen-bond donors (Lipinski definition) is 0. The number of carbonyl (C=O) groups excluding carboxylic acids is 1. The fourth-order valence-electron chi connectivity index (χ4n) is 1.92. The average molecular weight is 370 g/mol. The fraction of sp³-hybridized carbons (Fsp3) is 0.267. The lowest BCUT2D eigenvalue weighted by atomic mass is 10.1. The second-order valence-corrected chi connectivity index (χ2v) is 6.26. The molecule has 0 radical (unpaired) electrons. The SMILES string of the molecule is COc1cc(C(=O)N(C)Cc2cccs2)cc(OC)c1Br. The highest BCUT2D eigenvalue weighted by atomic mass is 79.9. The van der Waals surface area contributed by atoms with Crippen molar-refractivity contribution in [3.8, 4) is 11.5 Å². The van der Waals surface area contributed by atoms with Crippen LogP contribution >= 0.6 is 27.3 Å². The van der Waals surface area contributed by atoms with Gasteiger partial charge in [-0.25, -0.2) is 0 Å². The summed E-state index contributed by atoms with van der Waals surface area (Å²) >= 11 is 5.03. The van der Waals surface area contributed by atoms with Crippen molar-refractivity contribution in [2.24, 2.45) is 0 Å². The molecule has 2 rings (SSSR count). The van der Waals surface area contributed by atoms with E-state index >= 15 is 0 Å². The summed E-state index contributed by atoms with van der Waals surface area (Å²) in [5.41, 5.74) is 0.533. The zero-order chi connectivity index (χ0) is 15.4. The monoisotopic (exact) mass is 369 g/mol. The number of halogens is 1. The molecule has 0 N–H and O–H groups in total. The maximum Gasteiger partial charge on any atom is 0.254 e. The molecule has 21 heavy (non-hydrogen) atoms. The minimum absolute atomic E-state index is 0.0764. The van der Waals surface area contributed by atoms with E-state index in [-0.39, 0.29) is 5.91 Å². The van der Waals surface area contributed by atoms with E-state index in [4.69, 9.17) is 9.47 Å². The molecule has 1 aromatic carbocycles. The molecule has 0 unspecified atom stereocenters. The van der Waals surface area contributed by atoms with Crippen LogP contribution in [0.25, 0.3) is 0 Å². The molecule has 0 saturated carbocycles. The number of benzene rings is 1. The van der Waals surface area contributed by atoms with Gasteiger partial charge in [-0.1, -0.05) is 6.07 Å². The molecule has 1 amide bonds. The molecule has 1 heterocycles. The van der Waals surface area contributed by atoms with Crippen LogP contribution in [0.3, 0.4) is 0 Å². The highest BCUT2D eigenvalue weighted by Gasteiger charge is 2.17. The Labute approximate surface area is 136 Å². The Morgan fingerprint density at radius 1 is 1.29 bits per heavy atom. The first-order valence-corrected chi connectivity index (χ1v) is 7.93. The summed E-state index contributed by atoms with van der Waals surface area (Å²) in [5.74, 6) is 1.07. The summed E-state index contributed by atoms with van der Waals surface area (Å²) in [5, 5.41) is 2.00. The molecule has 0 saturated heterocycles. The fourth-order valence-corrected chi connectivity index (χ4v) is 3.23. The van der Waals surface area contributed by atoms with Crippen molar-refractivity contribution in [3.05, 3.63) is 44.6 Å². The first-order chi connectivity index (χ1) is 10.1. The highest BCUT2D eigenvalue weighted by Crippen LogP contribution is 2.36. The van der Waals surface area contributed by atoms with Gasteiger partial charge in [0.15, 0.2) is 0 Å². The minimum Gasteiger partial charge on any atom is -0.495 e. The molecule has 0 atom stereocenters. The lowest BCUT2D eigenvalue weighted by Crippen LogP contribution is -2.25. The van der Waals surface area contributed by atoms with Crippen LogP contribution in [-0.4, -0.2) is 32.1 Å². The van der Waals surface area contributed by atoms with Gasteiger partial charge in [-0.15, -0.1) is 11.3 Å². The maximum atomic E-state index is 12.5. The van der Waals surface area contributed by atoms with Crippen LogP contribution in [0, 0.1) is 0 Å². The van der Waals surface area contributed by atoms with Crippen LogP contribution in [0.2, 0.25) is 0 Å². The first-order valence-electron chi connectivity index (χ1n) is 6.26. The Hall–Kier alpha value is -1.53. The summed E-state index contributed by atoms with van der Waals surface area (Å²) in [6.45, 7) is 0.581. The molecule has 4 nitrogen and oxygen atoms in total. The molecule has 0 bridgehead atoms. The second kappa shape index (κ2) is 6.95. The topological polar surface area (TPSA) is 38.8 Å². The maximum absolute atomic E-state index is 12.5. The van der Waals surface area contributed by atoms with Crippen molar-refractivity contribution in [2.75, 3.05) is 21.3 Å². The average Bonchev–Trinajstić information content (AvgIpc) is 2.99. The van der Waals surface area contributed by atoms with Gasteiger partial charge in [-0.3, -0.25) is 4.79 Å². The second-order valence-electron chi connectivity index (χ2n) is 4.44. The first kappa shape index (κ1) is 15.9. The van der Waals surface area contributed by atoms with Crippen molar-refractivity contribution in [2.45, 2.75) is 6.54 Å². The van der Waals surface area contributed by atoms with E-state index in [1.54, 1.807) is 49.6 Å². The van der Waals surface area contributed by atoms with Gasteiger partial charge >= 0.3 is 0 Å². The Morgan fingerprint density at radius 3 is 2.38 bits per heavy atom. The van der Waals surface area contributed by atoms with Crippen LogP contribution in [-0.2, 0) is 6.54 Å². The van der Waals surface area contributed by atoms with Crippen molar-refractivity contribution < 1.29 is 14.3 Å². The van der Waals surface area contributed by atoms with Gasteiger partial charge in [-0.05, 0) is 39.5 Å². The summed E-state index contributed by atoms with van der Waals surface area (Å²) in [7, 11) is 4.90. The normalized spacial score (nSPS) is 10.3. The zero-order valence-corrected chi connectivity index (χ0v) is 14.5. The highest BCUT2D eigenvalue weighted by molar-refractivity contribution is 9.10. The predicted molar refractivity (Wildman–Crippen MR) is 87.4 cm³/mol. The van der Waals surface area contributed by atoms with Crippen molar-refractivity contribution >= 4 is 33.2 Å². The smallest absolute Gasteiger partial charge is 0.254 e. The lowest BCUT2D eigenvalue weighted by molar-refractivity contribution is 0.0785. The van der Waals surface area contributed by atoms with Gasteiger partial charge in [-0.2, -0.15) is 0 Å². The Kier molecular flexibility index (Phi) is 5.25. The molecular formula is C15H16BrNO3S. The van der Waals surface area contributed by atoms with E-state index in [1.807, 2.05) is 17.5 Å². The third-order valence-electron chi connectivity index (χ3n) is 3.01. The van der Waals surface area contributed by atoms with Crippen LogP contribution in [0.5, 0.6) is 11.5 Å². The molecule has 1 aromatic heterocycles. The summed E-state index contributed by atoms with van der Waals surface area (Å²) < 4.78 is 11.2. The standard InChI is InChI=1S/C15H16BrNO3S/c1-17(9-11-5-4-6-21-11)15(18)10-7-12(19-2)14(16)13(8-10)20-3/h4-8H,9H2,1-3H3. The molecule has 112 valence electrons. The number of amides is 1. The van der Waals surface area contributed by atoms with Crippen LogP contribution in [0.15, 0.2) is 34.1 Å². The number of nitrogens with zero attached hydrogens (tertiary/aromatic N) is 1. The third kappa shape index (κ3) is 3.57. The van der Waals surface area contributed by atoms with E-state index in [2.05, 4.69) is 15.9 Å². The van der Waals surface area contributed by atoms with Gasteiger partial charge in [0.2, 0.25) is 0 Å². The molecule has 0 aliphatic heterocycles. The third-order valence-corrected chi connectivity index (χ3v) is 4.66. The zero-order valence-electron chi connectivity index (χ0n) is 12.1. The van der Waals surface area contributed by atoms with E-state index < -0.39 is 0 Å². The molecule has 0 fully saturated rings. The van der Waals surface area contributed by atoms with Gasteiger partial charge in [0, 0.05) is 17.5 Å². The number of thiophene rings is 1. The van der Waals surface area contributed by atoms with Crippen LogP contribution in [0.4, 0.5) is 0 Å². The quantitative estimate of drug-likeness (QED) is 0.804. The van der Waals surface area contributed by atoms with Gasteiger partial charge < -0.3 is 14.4 Å². The van der Waals surface area contributed by atoms with Crippen LogP contribution < -0.4 is 9.47 Å². The van der Waals surface area contributed by atoms with E-state index in [1.165, 1.54) is 0 Å². The van der Waals surface area contributed by atoms with E-state index in [9.17, 15) is 4.79 Å². The van der Waals surface area contributed by atoms with Gasteiger partial charge in [0.25, 0.3) is 5.91 Å². The number of ether oxygens (including phenoxy) is 2. The molecule has 2 aromatic rings. The summed E-state index contributed by atoms with van der Waals surface area (Å²) in [4.78, 5) is 15.3. The Balaban J connectivity index is 2.26. The summed E-state index contributed by atoms with van der Waals surface area (Å²) in [6.07, 6.45) is 0. The molecule has 6 heteroatoms. The van der Waals surface area contributed by atoms with Crippen molar-refractivity contribution in [3.63, 3.8) is 0 Å². The lowest BCUT2D eigenvalue weighted by Gasteiger charge is -2.18. The van der Waals surface area contributed by atoms with E-state index in [0.717, 1.165) is 4.88 Å². The number of carbonyl (C=O) groups is 1. The molecule has 0 aliphatic carbocycles. The number of rotatable bonds is 5. The van der Waals surface area contributed by atoms with Crippen LogP contribution in [0.1, 0.15) is 15.2 Å². The van der Waals surface area contributed by atoms with Gasteiger partial charge in [0.1, 0.15) is 16.0 Å². The van der Waals surface area contributed by atoms with Crippen molar-refractivity contribution in [1.82, 2.24) is 4.90 Å². The number of hydrogen-bond acceptors (Lipinski definition) is 4. The van der Waals surface area contributed by atoms with Crippen molar-refractivity contribution in [1.29, 1.82) is 0 Å². The Morgan fingerprint density at radius 2 is 1.90 bits per heavy atom. The minimum atomic E-state index is -0.0764. The predicted octanol–water partition coefficient (Wildman–Crippen LogP) is 3.80. The molecule has 0 aliphatic rings.